The number of benzene rings is 1. The fourth-order valence-corrected chi connectivity index (χ4v) is 4.51. The molecule has 112 valence electrons. The van der Waals surface area contributed by atoms with Gasteiger partial charge in [-0.1, -0.05) is 26.0 Å². The highest BCUT2D eigenvalue weighted by Gasteiger charge is 2.49. The minimum Gasteiger partial charge on any atom is -0.481 e. The van der Waals surface area contributed by atoms with Crippen molar-refractivity contribution in [3.8, 4) is 0 Å². The Kier molecular flexibility index (Phi) is 4.68. The molecule has 0 saturated carbocycles. The lowest BCUT2D eigenvalue weighted by Gasteiger charge is -2.32. The van der Waals surface area contributed by atoms with Gasteiger partial charge < -0.3 is 5.11 Å². The Hall–Kier alpha value is -1.40. The number of fused-ring (bicyclic) bond motifs is 1. The average Bonchev–Trinajstić information content (AvgIpc) is 2.87. The molecular formula is C15H17NO3S2. The molecular weight excluding hydrogens is 306 g/mol. The zero-order chi connectivity index (χ0) is 15.6. The van der Waals surface area contributed by atoms with Gasteiger partial charge in [0.25, 0.3) is 0 Å². The van der Waals surface area contributed by atoms with Gasteiger partial charge in [-0.3, -0.25) is 9.59 Å². The van der Waals surface area contributed by atoms with Gasteiger partial charge in [0.05, 0.1) is 16.1 Å². The quantitative estimate of drug-likeness (QED) is 0.798. The second kappa shape index (κ2) is 6.15. The first-order valence-electron chi connectivity index (χ1n) is 6.79. The molecule has 2 atom stereocenters. The van der Waals surface area contributed by atoms with Gasteiger partial charge in [-0.15, -0.1) is 24.0 Å². The van der Waals surface area contributed by atoms with Crippen molar-refractivity contribution >= 4 is 45.3 Å². The summed E-state index contributed by atoms with van der Waals surface area (Å²) in [5, 5.41) is 9.63. The summed E-state index contributed by atoms with van der Waals surface area (Å²) in [6, 6.07) is 7.55. The Balaban J connectivity index is 2.69. The lowest BCUT2D eigenvalue weighted by atomic mass is 9.73. The number of hydrogen-bond acceptors (Lipinski definition) is 4. The third-order valence-corrected chi connectivity index (χ3v) is 5.53. The first-order chi connectivity index (χ1) is 9.97. The van der Waals surface area contributed by atoms with Crippen LogP contribution in [-0.2, 0) is 15.0 Å². The van der Waals surface area contributed by atoms with E-state index in [1.807, 2.05) is 31.2 Å². The number of carboxylic acids is 1. The number of carbonyl (C=O) groups excluding carboxylic acids is 1. The predicted octanol–water partition coefficient (Wildman–Crippen LogP) is 3.51. The van der Waals surface area contributed by atoms with E-state index >= 15 is 0 Å². The van der Waals surface area contributed by atoms with Crippen molar-refractivity contribution in [2.24, 2.45) is 5.92 Å². The molecule has 0 radical (unpaired) electrons. The smallest absolute Gasteiger partial charge is 0.307 e. The third-order valence-electron chi connectivity index (χ3n) is 3.92. The van der Waals surface area contributed by atoms with Gasteiger partial charge in [-0.05, 0) is 25.0 Å². The van der Waals surface area contributed by atoms with Gasteiger partial charge in [-0.2, -0.15) is 0 Å². The lowest BCUT2D eigenvalue weighted by Crippen LogP contribution is -2.44. The number of carboxylic acid groups (broad SMARTS) is 1. The molecule has 0 fully saturated rings. The SMILES string of the molecule is CCC(C(=O)O)C(CC)(C(=O)S)c1nc2ccccc2s1. The molecule has 0 aliphatic carbocycles. The van der Waals surface area contributed by atoms with E-state index in [0.717, 1.165) is 10.2 Å². The molecule has 1 N–H and O–H groups in total. The van der Waals surface area contributed by atoms with Gasteiger partial charge in [0.2, 0.25) is 0 Å². The van der Waals surface area contributed by atoms with Gasteiger partial charge in [0, 0.05) is 0 Å². The zero-order valence-corrected chi connectivity index (χ0v) is 13.6. The summed E-state index contributed by atoms with van der Waals surface area (Å²) in [4.78, 5) is 28.4. The first-order valence-corrected chi connectivity index (χ1v) is 8.06. The lowest BCUT2D eigenvalue weighted by molar-refractivity contribution is -0.147. The van der Waals surface area contributed by atoms with Crippen LogP contribution in [-0.4, -0.2) is 21.2 Å². The van der Waals surface area contributed by atoms with Crippen LogP contribution >= 0.6 is 24.0 Å². The number of hydrogen-bond donors (Lipinski definition) is 2. The zero-order valence-electron chi connectivity index (χ0n) is 11.9. The molecule has 2 rings (SSSR count). The number of aromatic nitrogens is 1. The highest BCUT2D eigenvalue weighted by Crippen LogP contribution is 2.43. The molecule has 1 aromatic carbocycles. The van der Waals surface area contributed by atoms with E-state index in [-0.39, 0.29) is 0 Å². The number of para-hydroxylation sites is 1. The molecule has 0 spiro atoms. The van der Waals surface area contributed by atoms with E-state index in [1.165, 1.54) is 11.3 Å². The molecule has 1 aromatic heterocycles. The number of thiol groups is 1. The molecule has 0 saturated heterocycles. The van der Waals surface area contributed by atoms with E-state index in [9.17, 15) is 14.7 Å². The molecule has 0 amide bonds. The summed E-state index contributed by atoms with van der Waals surface area (Å²) in [5.41, 5.74) is -0.391. The number of thiazole rings is 1. The minimum absolute atomic E-state index is 0.353. The second-order valence-electron chi connectivity index (χ2n) is 4.92. The van der Waals surface area contributed by atoms with Gasteiger partial charge in [-0.25, -0.2) is 4.98 Å². The number of rotatable bonds is 6. The molecule has 1 heterocycles. The number of aliphatic carboxylic acids is 1. The maximum atomic E-state index is 12.2. The number of carbonyl (C=O) groups is 2. The predicted molar refractivity (Wildman–Crippen MR) is 87.0 cm³/mol. The first kappa shape index (κ1) is 16.0. The van der Waals surface area contributed by atoms with Gasteiger partial charge in [0.1, 0.15) is 10.4 Å². The normalized spacial score (nSPS) is 15.6. The Morgan fingerprint density at radius 3 is 2.52 bits per heavy atom. The van der Waals surface area contributed by atoms with E-state index in [2.05, 4.69) is 17.6 Å². The largest absolute Gasteiger partial charge is 0.481 e. The van der Waals surface area contributed by atoms with E-state index in [4.69, 9.17) is 0 Å². The van der Waals surface area contributed by atoms with Gasteiger partial charge in [0.15, 0.2) is 5.12 Å². The van der Waals surface area contributed by atoms with Crippen molar-refractivity contribution in [3.05, 3.63) is 29.3 Å². The van der Waals surface area contributed by atoms with Crippen LogP contribution in [0, 0.1) is 5.92 Å². The summed E-state index contributed by atoms with van der Waals surface area (Å²) < 4.78 is 0.945. The molecule has 2 aromatic rings. The van der Waals surface area contributed by atoms with Crippen LogP contribution < -0.4 is 0 Å². The maximum absolute atomic E-state index is 12.2. The monoisotopic (exact) mass is 323 g/mol. The van der Waals surface area contributed by atoms with E-state index in [1.54, 1.807) is 6.92 Å². The highest BCUT2D eigenvalue weighted by molar-refractivity contribution is 7.96. The average molecular weight is 323 g/mol. The van der Waals surface area contributed by atoms with Crippen molar-refractivity contribution < 1.29 is 14.7 Å². The van der Waals surface area contributed by atoms with Crippen LogP contribution in [0.4, 0.5) is 0 Å². The molecule has 0 bridgehead atoms. The molecule has 6 heteroatoms. The number of nitrogens with zero attached hydrogens (tertiary/aromatic N) is 1. The Morgan fingerprint density at radius 2 is 2.05 bits per heavy atom. The van der Waals surface area contributed by atoms with Crippen molar-refractivity contribution in [1.82, 2.24) is 4.98 Å². The van der Waals surface area contributed by atoms with Crippen LogP contribution in [0.2, 0.25) is 0 Å². The topological polar surface area (TPSA) is 67.3 Å². The van der Waals surface area contributed by atoms with Crippen molar-refractivity contribution in [1.29, 1.82) is 0 Å². The van der Waals surface area contributed by atoms with Crippen LogP contribution in [0.5, 0.6) is 0 Å². The minimum atomic E-state index is -1.17. The van der Waals surface area contributed by atoms with Gasteiger partial charge >= 0.3 is 5.97 Å². The highest BCUT2D eigenvalue weighted by atomic mass is 32.1. The fraction of sp³-hybridized carbons (Fsp3) is 0.400. The van der Waals surface area contributed by atoms with Crippen molar-refractivity contribution in [3.63, 3.8) is 0 Å². The molecule has 2 unspecified atom stereocenters. The summed E-state index contributed by atoms with van der Waals surface area (Å²) in [7, 11) is 0. The fourth-order valence-electron chi connectivity index (χ4n) is 2.74. The van der Waals surface area contributed by atoms with E-state index < -0.39 is 22.4 Å². The molecule has 0 aliphatic rings. The summed E-state index contributed by atoms with van der Waals surface area (Å²) in [6.45, 7) is 3.58. The molecule has 0 aliphatic heterocycles. The Bertz CT molecular complexity index is 649. The molecule has 4 nitrogen and oxygen atoms in total. The Labute approximate surface area is 132 Å². The van der Waals surface area contributed by atoms with Crippen molar-refractivity contribution in [2.45, 2.75) is 32.1 Å². The standard InChI is InChI=1S/C15H17NO3S2/c1-3-9(12(17)18)15(4-2,14(19)20)13-16-10-7-5-6-8-11(10)21-13/h5-9H,3-4H2,1-2H3,(H,17,18)(H,19,20). The van der Waals surface area contributed by atoms with Crippen LogP contribution in [0.1, 0.15) is 31.7 Å². The maximum Gasteiger partial charge on any atom is 0.307 e. The van der Waals surface area contributed by atoms with E-state index in [0.29, 0.717) is 17.8 Å². The second-order valence-corrected chi connectivity index (χ2v) is 6.35. The Morgan fingerprint density at radius 1 is 1.38 bits per heavy atom. The van der Waals surface area contributed by atoms with Crippen LogP contribution in [0.25, 0.3) is 10.2 Å². The third kappa shape index (κ3) is 2.58. The molecule has 21 heavy (non-hydrogen) atoms. The summed E-state index contributed by atoms with van der Waals surface area (Å²) in [6.07, 6.45) is 0.714. The van der Waals surface area contributed by atoms with Crippen LogP contribution in [0.3, 0.4) is 0 Å². The summed E-state index contributed by atoms with van der Waals surface area (Å²) in [5.74, 6) is -1.81. The van der Waals surface area contributed by atoms with Crippen molar-refractivity contribution in [2.75, 3.05) is 0 Å². The summed E-state index contributed by atoms with van der Waals surface area (Å²) >= 11 is 5.38. The van der Waals surface area contributed by atoms with Crippen LogP contribution in [0.15, 0.2) is 24.3 Å².